The molecular weight excluding hydrogens is 1550 g/mol. The molecule has 0 aliphatic heterocycles. The van der Waals surface area contributed by atoms with Crippen LogP contribution in [0.5, 0.6) is 0 Å². The Bertz CT molecular complexity index is 8640. The van der Waals surface area contributed by atoms with Crippen molar-refractivity contribution in [3.05, 3.63) is 496 Å². The van der Waals surface area contributed by atoms with Gasteiger partial charge in [0.15, 0.2) is 0 Å². The Morgan fingerprint density at radius 3 is 0.915 bits per heavy atom. The number of hydrogen-bond acceptors (Lipinski definition) is 0. The molecule has 1 aliphatic carbocycles. The molecule has 0 amide bonds. The molecule has 0 heterocycles. The highest BCUT2D eigenvalue weighted by Gasteiger charge is 2.37. The number of rotatable bonds is 9. The van der Waals surface area contributed by atoms with E-state index in [9.17, 15) is 0 Å². The number of fused-ring (bicyclic) bond motifs is 16. The van der Waals surface area contributed by atoms with E-state index in [4.69, 9.17) is 0 Å². The summed E-state index contributed by atoms with van der Waals surface area (Å²) < 4.78 is 0. The van der Waals surface area contributed by atoms with E-state index in [0.717, 1.165) is 0 Å². The molecule has 0 atom stereocenters. The van der Waals surface area contributed by atoms with Crippen LogP contribution in [0.4, 0.5) is 0 Å². The zero-order valence-electron chi connectivity index (χ0n) is 71.7. The Labute approximate surface area is 750 Å². The van der Waals surface area contributed by atoms with Crippen LogP contribution in [-0.2, 0) is 5.41 Å². The van der Waals surface area contributed by atoms with Gasteiger partial charge in [0.2, 0.25) is 0 Å². The monoisotopic (exact) mass is 1630 g/mol. The van der Waals surface area contributed by atoms with Crippen molar-refractivity contribution < 1.29 is 0 Å². The molecule has 0 saturated carbocycles. The SMILES string of the molecule is CC1(C)c2ccccc2-c2c(-c3ccc(-c4c5ccccc5c(-c5ccc6ccccc6c5)c5ccccc45)c4ccccc34)cccc21.c1ccc(-c2ccc(-c3c4ccccc4c(-c4cc5ccccc5c5ccccc45)c4ccccc34)cc2)cc1.c1ccc(-c2cccc3cc(-c4c5ccccc5c(-c5ccc6ccccc6c5)c5ccccc45)ccc23)cc1. The third kappa shape index (κ3) is 13.0. The topological polar surface area (TPSA) is 0 Å². The van der Waals surface area contributed by atoms with Crippen molar-refractivity contribution in [1.82, 2.24) is 0 Å². The molecule has 25 aromatic rings. The minimum Gasteiger partial charge on any atom is -0.0622 e. The quantitative estimate of drug-likeness (QED) is 0.0998. The maximum absolute atomic E-state index is 2.39. The third-order valence-electron chi connectivity index (χ3n) is 27.5. The number of benzene rings is 25. The lowest BCUT2D eigenvalue weighted by Gasteiger charge is -2.22. The van der Waals surface area contributed by atoms with Crippen LogP contribution in [0.3, 0.4) is 0 Å². The van der Waals surface area contributed by atoms with Crippen molar-refractivity contribution in [2.45, 2.75) is 19.3 Å². The first-order valence-electron chi connectivity index (χ1n) is 45.0. The Kier molecular flexibility index (Phi) is 18.7. The van der Waals surface area contributed by atoms with Crippen LogP contribution in [0, 0.1) is 0 Å². The van der Waals surface area contributed by atoms with Gasteiger partial charge in [-0.05, 0) is 276 Å². The van der Waals surface area contributed by atoms with E-state index in [2.05, 4.69) is 499 Å². The van der Waals surface area contributed by atoms with Gasteiger partial charge in [0.05, 0.1) is 0 Å². The maximum Gasteiger partial charge on any atom is 0.0159 e. The summed E-state index contributed by atoms with van der Waals surface area (Å²) in [5.74, 6) is 0. The molecule has 602 valence electrons. The highest BCUT2D eigenvalue weighted by atomic mass is 14.4. The van der Waals surface area contributed by atoms with Gasteiger partial charge in [-0.2, -0.15) is 0 Å². The highest BCUT2D eigenvalue weighted by molar-refractivity contribution is 6.28. The predicted octanol–water partition coefficient (Wildman–Crippen LogP) is 36.2. The molecular formula is C129H86. The van der Waals surface area contributed by atoms with Crippen molar-refractivity contribution in [3.8, 4) is 111 Å². The smallest absolute Gasteiger partial charge is 0.0159 e. The zero-order chi connectivity index (χ0) is 85.6. The molecule has 0 aromatic heterocycles. The Morgan fingerprint density at radius 2 is 0.411 bits per heavy atom. The van der Waals surface area contributed by atoms with Gasteiger partial charge in [0.25, 0.3) is 0 Å². The van der Waals surface area contributed by atoms with E-state index in [-0.39, 0.29) is 5.41 Å². The first kappa shape index (κ1) is 76.3. The Balaban J connectivity index is 0.000000108. The van der Waals surface area contributed by atoms with E-state index in [1.165, 1.54) is 252 Å². The summed E-state index contributed by atoms with van der Waals surface area (Å²) in [5, 5.41) is 30.6. The van der Waals surface area contributed by atoms with Crippen LogP contribution >= 0.6 is 0 Å². The summed E-state index contributed by atoms with van der Waals surface area (Å²) in [6.45, 7) is 4.72. The molecule has 1 aliphatic rings. The normalized spacial score (nSPS) is 12.2. The van der Waals surface area contributed by atoms with Gasteiger partial charge in [-0.3, -0.25) is 0 Å². The minimum absolute atomic E-state index is 0.0394. The van der Waals surface area contributed by atoms with Gasteiger partial charge in [-0.25, -0.2) is 0 Å². The second-order valence-corrected chi connectivity index (χ2v) is 35.0. The van der Waals surface area contributed by atoms with Gasteiger partial charge in [0.1, 0.15) is 0 Å². The molecule has 0 heteroatoms. The Hall–Kier alpha value is -16.4. The first-order chi connectivity index (χ1) is 63.8. The van der Waals surface area contributed by atoms with Crippen molar-refractivity contribution >= 4 is 129 Å². The predicted molar refractivity (Wildman–Crippen MR) is 556 cm³/mol. The lowest BCUT2D eigenvalue weighted by molar-refractivity contribution is 0.660. The molecule has 25 aromatic carbocycles. The number of hydrogen-bond donors (Lipinski definition) is 0. The van der Waals surface area contributed by atoms with Gasteiger partial charge >= 0.3 is 0 Å². The molecule has 26 rings (SSSR count). The fourth-order valence-electron chi connectivity index (χ4n) is 21.7. The summed E-state index contributed by atoms with van der Waals surface area (Å²) in [6.07, 6.45) is 0. The molecule has 0 fully saturated rings. The zero-order valence-corrected chi connectivity index (χ0v) is 71.7. The van der Waals surface area contributed by atoms with E-state index < -0.39 is 0 Å². The second kappa shape index (κ2) is 31.7. The molecule has 0 unspecified atom stereocenters. The summed E-state index contributed by atoms with van der Waals surface area (Å²) in [5.41, 5.74) is 28.4. The maximum atomic E-state index is 2.39. The van der Waals surface area contributed by atoms with Crippen LogP contribution in [0.15, 0.2) is 485 Å². The Morgan fingerprint density at radius 1 is 0.116 bits per heavy atom. The lowest BCUT2D eigenvalue weighted by atomic mass is 9.81. The van der Waals surface area contributed by atoms with E-state index in [1.54, 1.807) is 0 Å². The van der Waals surface area contributed by atoms with Crippen molar-refractivity contribution in [2.24, 2.45) is 0 Å². The first-order valence-corrected chi connectivity index (χ1v) is 45.0. The second-order valence-electron chi connectivity index (χ2n) is 35.0. The molecule has 0 N–H and O–H groups in total. The lowest BCUT2D eigenvalue weighted by Crippen LogP contribution is -2.14. The van der Waals surface area contributed by atoms with Crippen LogP contribution in [0.2, 0.25) is 0 Å². The van der Waals surface area contributed by atoms with Crippen LogP contribution in [0.1, 0.15) is 25.0 Å². The molecule has 0 bridgehead atoms. The van der Waals surface area contributed by atoms with Crippen molar-refractivity contribution in [1.29, 1.82) is 0 Å². The highest BCUT2D eigenvalue weighted by Crippen LogP contribution is 2.56. The van der Waals surface area contributed by atoms with Crippen molar-refractivity contribution in [3.63, 3.8) is 0 Å². The summed E-state index contributed by atoms with van der Waals surface area (Å²) in [7, 11) is 0. The average molecular weight is 1640 g/mol. The van der Waals surface area contributed by atoms with Gasteiger partial charge < -0.3 is 0 Å². The fraction of sp³-hybridized carbons (Fsp3) is 0.0233. The standard InChI is InChI=1S/C49H34.2C40H26/c1-49(2)44-24-12-11-22-43(44)48-37(23-13-25-45(48)49)36-28-29-42(35-17-6-5-16-34(35)36)47-40-20-9-7-18-38(40)46(39-19-8-10-21-41(39)47)33-27-26-31-14-3-4-15-32(31)30-33;1-2-12-28(13-3-1)33-20-10-15-30-26-32(23-24-34(30)33)40-37-18-8-6-16-35(37)39(36-17-7-9-19-38(36)40)31-22-21-27-11-4-5-14-29(27)25-31;1-2-12-27(13-3-1)28-22-24-29(25-23-28)39-34-18-8-10-20-36(34)40(37-21-11-9-19-35(37)39)38-26-30-14-4-5-15-31(30)32-16-6-7-17-33(32)38/h3-30H,1-2H3;2*1-26H. The molecule has 0 radical (unpaired) electrons. The molecule has 129 heavy (non-hydrogen) atoms. The minimum atomic E-state index is -0.0394. The third-order valence-corrected chi connectivity index (χ3v) is 27.5. The van der Waals surface area contributed by atoms with E-state index >= 15 is 0 Å². The largest absolute Gasteiger partial charge is 0.0622 e. The van der Waals surface area contributed by atoms with Crippen molar-refractivity contribution in [2.75, 3.05) is 0 Å². The van der Waals surface area contributed by atoms with Crippen LogP contribution < -0.4 is 0 Å². The van der Waals surface area contributed by atoms with Crippen LogP contribution in [0.25, 0.3) is 241 Å². The van der Waals surface area contributed by atoms with E-state index in [0.29, 0.717) is 0 Å². The van der Waals surface area contributed by atoms with Gasteiger partial charge in [0, 0.05) is 5.41 Å². The molecule has 0 spiro atoms. The molecule has 0 nitrogen and oxygen atoms in total. The fourth-order valence-corrected chi connectivity index (χ4v) is 21.7. The van der Waals surface area contributed by atoms with E-state index in [1.807, 2.05) is 0 Å². The average Bonchev–Trinajstić information content (AvgIpc) is 1.60. The van der Waals surface area contributed by atoms with Crippen LogP contribution in [-0.4, -0.2) is 0 Å². The summed E-state index contributed by atoms with van der Waals surface area (Å²) in [6, 6.07) is 178. The van der Waals surface area contributed by atoms with Gasteiger partial charge in [-0.1, -0.05) is 475 Å². The summed E-state index contributed by atoms with van der Waals surface area (Å²) in [4.78, 5) is 0. The molecule has 0 saturated heterocycles. The summed E-state index contributed by atoms with van der Waals surface area (Å²) >= 11 is 0. The van der Waals surface area contributed by atoms with Gasteiger partial charge in [-0.15, -0.1) is 0 Å².